The van der Waals surface area contributed by atoms with E-state index in [0.29, 0.717) is 25.5 Å². The molecular weight excluding hydrogens is 364 g/mol. The number of ether oxygens (including phenoxy) is 1. The number of carbonyl (C=O) groups excluding carboxylic acids is 1. The fraction of sp³-hybridized carbons (Fsp3) is 0.478. The van der Waals surface area contributed by atoms with Gasteiger partial charge in [-0.2, -0.15) is 0 Å². The second kappa shape index (κ2) is 10.7. The van der Waals surface area contributed by atoms with Gasteiger partial charge >= 0.3 is 0 Å². The van der Waals surface area contributed by atoms with Gasteiger partial charge in [0.1, 0.15) is 12.4 Å². The van der Waals surface area contributed by atoms with Gasteiger partial charge in [0.05, 0.1) is 6.54 Å². The van der Waals surface area contributed by atoms with E-state index in [1.807, 2.05) is 24.3 Å². The van der Waals surface area contributed by atoms with E-state index in [0.717, 1.165) is 49.6 Å². The van der Waals surface area contributed by atoms with Gasteiger partial charge in [-0.25, -0.2) is 4.99 Å². The minimum Gasteiger partial charge on any atom is -0.491 e. The van der Waals surface area contributed by atoms with Crippen LogP contribution in [-0.2, 0) is 4.79 Å². The van der Waals surface area contributed by atoms with Gasteiger partial charge in [-0.3, -0.25) is 4.79 Å². The quantitative estimate of drug-likeness (QED) is 0.429. The third-order valence-electron chi connectivity index (χ3n) is 5.36. The summed E-state index contributed by atoms with van der Waals surface area (Å²) in [5.74, 6) is 2.43. The van der Waals surface area contributed by atoms with Gasteiger partial charge in [0, 0.05) is 38.5 Å². The molecule has 3 rings (SSSR count). The molecule has 1 fully saturated rings. The normalized spacial score (nSPS) is 15.4. The molecule has 1 saturated heterocycles. The average molecular weight is 397 g/mol. The Morgan fingerprint density at radius 2 is 1.93 bits per heavy atom. The van der Waals surface area contributed by atoms with Crippen molar-refractivity contribution in [1.82, 2.24) is 15.5 Å². The number of nitrogens with zero attached hydrogens (tertiary/aromatic N) is 2. The zero-order chi connectivity index (χ0) is 20.5. The number of aliphatic imine (C=N–C) groups is 1. The van der Waals surface area contributed by atoms with Crippen molar-refractivity contribution < 1.29 is 9.53 Å². The molecule has 0 bridgehead atoms. The number of hydrogen-bond donors (Lipinski definition) is 2. The van der Waals surface area contributed by atoms with Crippen LogP contribution in [0.2, 0.25) is 0 Å². The van der Waals surface area contributed by atoms with Crippen molar-refractivity contribution in [2.75, 3.05) is 39.8 Å². The molecule has 29 heavy (non-hydrogen) atoms. The van der Waals surface area contributed by atoms with Crippen molar-refractivity contribution in [3.05, 3.63) is 42.5 Å². The van der Waals surface area contributed by atoms with Crippen LogP contribution in [-0.4, -0.2) is 56.6 Å². The van der Waals surface area contributed by atoms with E-state index in [2.05, 4.69) is 40.7 Å². The lowest BCUT2D eigenvalue weighted by atomic mass is 9.93. The predicted molar refractivity (Wildman–Crippen MR) is 118 cm³/mol. The number of hydrogen-bond acceptors (Lipinski definition) is 3. The fourth-order valence-corrected chi connectivity index (χ4v) is 3.77. The van der Waals surface area contributed by atoms with Gasteiger partial charge in [0.2, 0.25) is 5.91 Å². The average Bonchev–Trinajstić information content (AvgIpc) is 2.76. The van der Waals surface area contributed by atoms with Crippen LogP contribution in [0.4, 0.5) is 0 Å². The van der Waals surface area contributed by atoms with Crippen LogP contribution in [0.25, 0.3) is 10.8 Å². The summed E-state index contributed by atoms with van der Waals surface area (Å²) in [5, 5.41) is 8.42. The molecule has 1 aliphatic rings. The Balaban J connectivity index is 1.52. The van der Waals surface area contributed by atoms with Crippen molar-refractivity contribution in [2.24, 2.45) is 10.9 Å². The van der Waals surface area contributed by atoms with Crippen molar-refractivity contribution in [3.8, 4) is 5.75 Å². The fourth-order valence-electron chi connectivity index (χ4n) is 3.77. The van der Waals surface area contributed by atoms with Crippen LogP contribution in [0.5, 0.6) is 5.75 Å². The SMILES string of the molecule is CCNC(=NCCOc1cccc2ccccc12)N1CCC(CC(=O)NC)CC1. The first-order chi connectivity index (χ1) is 14.2. The molecule has 0 aliphatic carbocycles. The number of benzene rings is 2. The van der Waals surface area contributed by atoms with Crippen molar-refractivity contribution in [3.63, 3.8) is 0 Å². The summed E-state index contributed by atoms with van der Waals surface area (Å²) in [5.41, 5.74) is 0. The van der Waals surface area contributed by atoms with Crippen molar-refractivity contribution in [1.29, 1.82) is 0 Å². The molecule has 0 saturated carbocycles. The molecule has 1 heterocycles. The van der Waals surface area contributed by atoms with Crippen LogP contribution in [0.1, 0.15) is 26.2 Å². The summed E-state index contributed by atoms with van der Waals surface area (Å²) in [7, 11) is 1.70. The van der Waals surface area contributed by atoms with Gasteiger partial charge < -0.3 is 20.3 Å². The second-order valence-corrected chi connectivity index (χ2v) is 7.37. The number of nitrogens with one attached hydrogen (secondary N) is 2. The smallest absolute Gasteiger partial charge is 0.220 e. The third-order valence-corrected chi connectivity index (χ3v) is 5.36. The number of rotatable bonds is 7. The lowest BCUT2D eigenvalue weighted by Crippen LogP contribution is -2.46. The number of likely N-dealkylation sites (tertiary alicyclic amines) is 1. The van der Waals surface area contributed by atoms with E-state index in [9.17, 15) is 4.79 Å². The standard InChI is InChI=1S/C23H32N4O2/c1-3-25-23(27-14-11-18(12-15-27)17-22(28)24-2)26-13-16-29-21-10-6-8-19-7-4-5-9-20(19)21/h4-10,18H,3,11-17H2,1-2H3,(H,24,28)(H,25,26). The highest BCUT2D eigenvalue weighted by Crippen LogP contribution is 2.25. The Kier molecular flexibility index (Phi) is 7.73. The van der Waals surface area contributed by atoms with Crippen LogP contribution in [0.15, 0.2) is 47.5 Å². The summed E-state index contributed by atoms with van der Waals surface area (Å²) < 4.78 is 6.01. The Morgan fingerprint density at radius 3 is 2.69 bits per heavy atom. The minimum atomic E-state index is 0.134. The highest BCUT2D eigenvalue weighted by Gasteiger charge is 2.23. The molecule has 0 spiro atoms. The lowest BCUT2D eigenvalue weighted by molar-refractivity contribution is -0.121. The van der Waals surface area contributed by atoms with Crippen LogP contribution < -0.4 is 15.4 Å². The number of carbonyl (C=O) groups is 1. The number of guanidine groups is 1. The highest BCUT2D eigenvalue weighted by atomic mass is 16.5. The van der Waals surface area contributed by atoms with Crippen molar-refractivity contribution >= 4 is 22.6 Å². The first-order valence-corrected chi connectivity index (χ1v) is 10.6. The molecule has 0 radical (unpaired) electrons. The van der Waals surface area contributed by atoms with Crippen LogP contribution >= 0.6 is 0 Å². The summed E-state index contributed by atoms with van der Waals surface area (Å²) in [6.45, 7) is 5.91. The van der Waals surface area contributed by atoms with Gasteiger partial charge in [0.15, 0.2) is 5.96 Å². The first kappa shape index (κ1) is 21.0. The zero-order valence-corrected chi connectivity index (χ0v) is 17.5. The molecule has 2 aromatic carbocycles. The van der Waals surface area contributed by atoms with Crippen LogP contribution in [0.3, 0.4) is 0 Å². The monoisotopic (exact) mass is 396 g/mol. The zero-order valence-electron chi connectivity index (χ0n) is 17.5. The molecule has 156 valence electrons. The molecule has 1 aliphatic heterocycles. The van der Waals surface area contributed by atoms with Crippen LogP contribution in [0, 0.1) is 5.92 Å². The molecule has 6 heteroatoms. The Labute approximate surface area is 173 Å². The maximum atomic E-state index is 11.6. The lowest BCUT2D eigenvalue weighted by Gasteiger charge is -2.34. The molecule has 1 amide bonds. The summed E-state index contributed by atoms with van der Waals surface area (Å²) in [6.07, 6.45) is 2.66. The van der Waals surface area contributed by atoms with E-state index in [-0.39, 0.29) is 5.91 Å². The first-order valence-electron chi connectivity index (χ1n) is 10.6. The van der Waals surface area contributed by atoms with E-state index in [1.54, 1.807) is 7.05 Å². The predicted octanol–water partition coefficient (Wildman–Crippen LogP) is 3.03. The third kappa shape index (κ3) is 5.86. The Morgan fingerprint density at radius 1 is 1.17 bits per heavy atom. The van der Waals surface area contributed by atoms with E-state index >= 15 is 0 Å². The summed E-state index contributed by atoms with van der Waals surface area (Å²) >= 11 is 0. The van der Waals surface area contributed by atoms with E-state index in [1.165, 1.54) is 5.39 Å². The maximum Gasteiger partial charge on any atom is 0.220 e. The number of amides is 1. The molecule has 2 aromatic rings. The molecule has 2 N–H and O–H groups in total. The van der Waals surface area contributed by atoms with Gasteiger partial charge in [-0.1, -0.05) is 36.4 Å². The molecule has 6 nitrogen and oxygen atoms in total. The molecule has 0 unspecified atom stereocenters. The second-order valence-electron chi connectivity index (χ2n) is 7.37. The summed E-state index contributed by atoms with van der Waals surface area (Å²) in [4.78, 5) is 18.7. The molecule has 0 atom stereocenters. The van der Waals surface area contributed by atoms with E-state index < -0.39 is 0 Å². The van der Waals surface area contributed by atoms with Crippen molar-refractivity contribution in [2.45, 2.75) is 26.2 Å². The van der Waals surface area contributed by atoms with Gasteiger partial charge in [-0.05, 0) is 37.1 Å². The van der Waals surface area contributed by atoms with Gasteiger partial charge in [-0.15, -0.1) is 0 Å². The van der Waals surface area contributed by atoms with E-state index in [4.69, 9.17) is 9.73 Å². The molecular formula is C23H32N4O2. The topological polar surface area (TPSA) is 66.0 Å². The Bertz CT molecular complexity index is 823. The van der Waals surface area contributed by atoms with Gasteiger partial charge in [0.25, 0.3) is 0 Å². The Hall–Kier alpha value is -2.76. The molecule has 0 aromatic heterocycles. The number of piperidine rings is 1. The minimum absolute atomic E-state index is 0.134. The highest BCUT2D eigenvalue weighted by molar-refractivity contribution is 5.88. The number of fused-ring (bicyclic) bond motifs is 1. The largest absolute Gasteiger partial charge is 0.491 e. The maximum absolute atomic E-state index is 11.6. The summed E-state index contributed by atoms with van der Waals surface area (Å²) in [6, 6.07) is 14.4.